The minimum atomic E-state index is -0.659. The minimum Gasteiger partial charge on any atom is -0.466 e. The Kier molecular flexibility index (Phi) is 60.5. The van der Waals surface area contributed by atoms with E-state index in [-0.39, 0.29) is 18.5 Å². The quantitative estimate of drug-likeness (QED) is 0.0320. The van der Waals surface area contributed by atoms with Crippen LogP contribution in [0.5, 0.6) is 0 Å². The van der Waals surface area contributed by atoms with Gasteiger partial charge in [-0.1, -0.05) is 314 Å². The van der Waals surface area contributed by atoms with Crippen LogP contribution in [0.15, 0.2) is 24.3 Å². The zero-order valence-corrected chi connectivity index (χ0v) is 48.7. The SMILES string of the molecule is CCCCC/C=C\C/C=C\CCCCCCCCCCCC(=O)OCCCCCCCCCCCCCCCCCCCCCCCCCCCCCC(=O)NC(CO)C(O)CCCCCCCCCCC. The molecular formula is C66H127NO5. The predicted octanol–water partition coefficient (Wildman–Crippen LogP) is 20.6. The Bertz CT molecular complexity index is 1120. The van der Waals surface area contributed by atoms with Gasteiger partial charge < -0.3 is 20.3 Å². The number of esters is 1. The summed E-state index contributed by atoms with van der Waals surface area (Å²) in [6.45, 7) is 4.93. The smallest absolute Gasteiger partial charge is 0.305 e. The number of unbranched alkanes of at least 4 members (excludes halogenated alkanes) is 46. The van der Waals surface area contributed by atoms with Crippen molar-refractivity contribution in [3.8, 4) is 0 Å². The third-order valence-corrected chi connectivity index (χ3v) is 15.3. The van der Waals surface area contributed by atoms with Crippen LogP contribution >= 0.6 is 0 Å². The van der Waals surface area contributed by atoms with Crippen molar-refractivity contribution in [2.24, 2.45) is 0 Å². The molecule has 6 nitrogen and oxygen atoms in total. The molecule has 0 saturated heterocycles. The molecule has 0 rings (SSSR count). The van der Waals surface area contributed by atoms with Gasteiger partial charge in [0.05, 0.1) is 25.4 Å². The third kappa shape index (κ3) is 57.6. The standard InChI is InChI=1S/C66H127NO5/c1-3-5-7-9-11-13-14-15-16-17-27-31-34-37-40-44-48-52-56-60-66(71)72-61-57-53-49-45-41-38-35-32-29-26-24-22-20-18-19-21-23-25-28-30-33-36-39-43-47-51-55-59-65(70)67-63(62-68)64(69)58-54-50-46-42-12-10-8-6-4-2/h11,13,15-16,63-64,68-69H,3-10,12,14,17-62H2,1-2H3,(H,67,70)/b13-11-,16-15-. The van der Waals surface area contributed by atoms with E-state index in [9.17, 15) is 19.8 Å². The fraction of sp³-hybridized carbons (Fsp3) is 0.909. The average Bonchev–Trinajstić information content (AvgIpc) is 3.38. The molecule has 1 amide bonds. The zero-order chi connectivity index (χ0) is 52.2. The number of carbonyl (C=O) groups is 2. The topological polar surface area (TPSA) is 95.9 Å². The maximum absolute atomic E-state index is 12.4. The molecular weight excluding hydrogens is 887 g/mol. The number of allylic oxidation sites excluding steroid dienone is 4. The van der Waals surface area contributed by atoms with Crippen LogP contribution < -0.4 is 5.32 Å². The maximum atomic E-state index is 12.4. The molecule has 0 spiro atoms. The van der Waals surface area contributed by atoms with Gasteiger partial charge in [-0.25, -0.2) is 0 Å². The Morgan fingerprint density at radius 1 is 0.389 bits per heavy atom. The maximum Gasteiger partial charge on any atom is 0.305 e. The van der Waals surface area contributed by atoms with E-state index >= 15 is 0 Å². The Morgan fingerprint density at radius 2 is 0.694 bits per heavy atom. The average molecular weight is 1010 g/mol. The summed E-state index contributed by atoms with van der Waals surface area (Å²) < 4.78 is 5.50. The van der Waals surface area contributed by atoms with E-state index < -0.39 is 12.1 Å². The van der Waals surface area contributed by atoms with Gasteiger partial charge in [0, 0.05) is 12.8 Å². The van der Waals surface area contributed by atoms with Crippen molar-refractivity contribution in [1.82, 2.24) is 5.32 Å². The number of aliphatic hydroxyl groups is 2. The highest BCUT2D eigenvalue weighted by molar-refractivity contribution is 5.76. The highest BCUT2D eigenvalue weighted by Crippen LogP contribution is 2.18. The Balaban J connectivity index is 3.30. The number of hydrogen-bond donors (Lipinski definition) is 3. The van der Waals surface area contributed by atoms with Crippen molar-refractivity contribution in [3.05, 3.63) is 24.3 Å². The molecule has 0 aliphatic heterocycles. The number of rotatable bonds is 61. The summed E-state index contributed by atoms with van der Waals surface area (Å²) in [6.07, 6.45) is 76.5. The van der Waals surface area contributed by atoms with Gasteiger partial charge in [0.1, 0.15) is 0 Å². The van der Waals surface area contributed by atoms with E-state index in [0.29, 0.717) is 25.9 Å². The summed E-state index contributed by atoms with van der Waals surface area (Å²) in [5, 5.41) is 23.1. The molecule has 6 heteroatoms. The first-order chi connectivity index (χ1) is 35.5. The molecule has 426 valence electrons. The van der Waals surface area contributed by atoms with Crippen LogP contribution in [0.2, 0.25) is 0 Å². The molecule has 0 aromatic heterocycles. The van der Waals surface area contributed by atoms with Crippen molar-refractivity contribution in [3.63, 3.8) is 0 Å². The predicted molar refractivity (Wildman–Crippen MR) is 315 cm³/mol. The summed E-state index contributed by atoms with van der Waals surface area (Å²) in [7, 11) is 0. The van der Waals surface area contributed by atoms with Crippen LogP contribution in [0.1, 0.15) is 361 Å². The first-order valence-electron chi connectivity index (χ1n) is 32.6. The third-order valence-electron chi connectivity index (χ3n) is 15.3. The molecule has 0 aliphatic carbocycles. The van der Waals surface area contributed by atoms with Crippen molar-refractivity contribution in [1.29, 1.82) is 0 Å². The molecule has 0 bridgehead atoms. The van der Waals surface area contributed by atoms with Gasteiger partial charge in [0.2, 0.25) is 5.91 Å². The van der Waals surface area contributed by atoms with Gasteiger partial charge >= 0.3 is 5.97 Å². The summed E-state index contributed by atoms with van der Waals surface area (Å²) >= 11 is 0. The lowest BCUT2D eigenvalue weighted by molar-refractivity contribution is -0.143. The fourth-order valence-electron chi connectivity index (χ4n) is 10.3. The van der Waals surface area contributed by atoms with Gasteiger partial charge in [-0.2, -0.15) is 0 Å². The van der Waals surface area contributed by atoms with E-state index in [1.54, 1.807) is 0 Å². The molecule has 2 atom stereocenters. The lowest BCUT2D eigenvalue weighted by atomic mass is 10.0. The van der Waals surface area contributed by atoms with Crippen LogP contribution in [0.25, 0.3) is 0 Å². The number of nitrogens with one attached hydrogen (secondary N) is 1. The Labute approximate surface area is 450 Å². The monoisotopic (exact) mass is 1010 g/mol. The number of hydrogen-bond acceptors (Lipinski definition) is 5. The van der Waals surface area contributed by atoms with E-state index in [2.05, 4.69) is 43.5 Å². The van der Waals surface area contributed by atoms with E-state index in [1.165, 1.54) is 276 Å². The highest BCUT2D eigenvalue weighted by Gasteiger charge is 2.20. The first-order valence-corrected chi connectivity index (χ1v) is 32.6. The van der Waals surface area contributed by atoms with Crippen LogP contribution in [-0.4, -0.2) is 47.4 Å². The molecule has 72 heavy (non-hydrogen) atoms. The second-order valence-corrected chi connectivity index (χ2v) is 22.5. The molecule has 0 aromatic carbocycles. The molecule has 0 fully saturated rings. The first kappa shape index (κ1) is 70.3. The van der Waals surface area contributed by atoms with Crippen LogP contribution in [0, 0.1) is 0 Å². The van der Waals surface area contributed by atoms with Crippen molar-refractivity contribution in [2.75, 3.05) is 13.2 Å². The highest BCUT2D eigenvalue weighted by atomic mass is 16.5. The normalized spacial score (nSPS) is 12.7. The summed E-state index contributed by atoms with van der Waals surface area (Å²) in [4.78, 5) is 24.5. The van der Waals surface area contributed by atoms with Gasteiger partial charge in [-0.05, 0) is 57.8 Å². The Morgan fingerprint density at radius 3 is 1.08 bits per heavy atom. The van der Waals surface area contributed by atoms with Crippen molar-refractivity contribution >= 4 is 11.9 Å². The Hall–Kier alpha value is -1.66. The summed E-state index contributed by atoms with van der Waals surface area (Å²) in [5.41, 5.74) is 0. The molecule has 0 aliphatic rings. The van der Waals surface area contributed by atoms with E-state index in [4.69, 9.17) is 4.74 Å². The number of aliphatic hydroxyl groups excluding tert-OH is 2. The van der Waals surface area contributed by atoms with Gasteiger partial charge in [-0.15, -0.1) is 0 Å². The van der Waals surface area contributed by atoms with Crippen molar-refractivity contribution in [2.45, 2.75) is 373 Å². The van der Waals surface area contributed by atoms with Gasteiger partial charge in [-0.3, -0.25) is 9.59 Å². The largest absolute Gasteiger partial charge is 0.466 e. The van der Waals surface area contributed by atoms with E-state index in [0.717, 1.165) is 51.4 Å². The van der Waals surface area contributed by atoms with Crippen molar-refractivity contribution < 1.29 is 24.5 Å². The lowest BCUT2D eigenvalue weighted by Gasteiger charge is -2.22. The molecule has 0 saturated carbocycles. The minimum absolute atomic E-state index is 0.0146. The molecule has 3 N–H and O–H groups in total. The van der Waals surface area contributed by atoms with Crippen LogP contribution in [-0.2, 0) is 14.3 Å². The van der Waals surface area contributed by atoms with E-state index in [1.807, 2.05) is 0 Å². The van der Waals surface area contributed by atoms with Crippen LogP contribution in [0.4, 0.5) is 0 Å². The number of amides is 1. The fourth-order valence-corrected chi connectivity index (χ4v) is 10.3. The second-order valence-electron chi connectivity index (χ2n) is 22.5. The number of ether oxygens (including phenoxy) is 1. The molecule has 2 unspecified atom stereocenters. The molecule has 0 aromatic rings. The zero-order valence-electron chi connectivity index (χ0n) is 48.7. The summed E-state index contributed by atoms with van der Waals surface area (Å²) in [5.74, 6) is -0.0187. The van der Waals surface area contributed by atoms with Gasteiger partial charge in [0.15, 0.2) is 0 Å². The molecule has 0 heterocycles. The second kappa shape index (κ2) is 61.9. The number of carbonyl (C=O) groups excluding carboxylic acids is 2. The molecule has 0 radical (unpaired) electrons. The van der Waals surface area contributed by atoms with Gasteiger partial charge in [0.25, 0.3) is 0 Å². The van der Waals surface area contributed by atoms with Crippen LogP contribution in [0.3, 0.4) is 0 Å². The summed E-state index contributed by atoms with van der Waals surface area (Å²) in [6, 6.07) is -0.537. The lowest BCUT2D eigenvalue weighted by Crippen LogP contribution is -2.45.